The molecule has 3 aromatic rings. The number of anilines is 2. The Morgan fingerprint density at radius 3 is 2.38 bits per heavy atom. The lowest BCUT2D eigenvalue weighted by Crippen LogP contribution is -2.15. The van der Waals surface area contributed by atoms with E-state index in [0.29, 0.717) is 17.0 Å². The third-order valence-corrected chi connectivity index (χ3v) is 5.99. The topological polar surface area (TPSA) is 84.5 Å². The molecule has 0 saturated heterocycles. The first-order valence-electron chi connectivity index (χ1n) is 8.63. The van der Waals surface area contributed by atoms with Crippen LogP contribution in [0.5, 0.6) is 5.75 Å². The van der Waals surface area contributed by atoms with Gasteiger partial charge in [-0.05, 0) is 55.5 Å². The third-order valence-electron chi connectivity index (χ3n) is 4.12. The molecular formula is C21H19BrN2O4S. The molecule has 0 aliphatic rings. The van der Waals surface area contributed by atoms with Crippen molar-refractivity contribution >= 4 is 43.2 Å². The van der Waals surface area contributed by atoms with E-state index < -0.39 is 10.0 Å². The van der Waals surface area contributed by atoms with E-state index in [4.69, 9.17) is 4.74 Å². The quantitative estimate of drug-likeness (QED) is 0.536. The Morgan fingerprint density at radius 2 is 1.72 bits per heavy atom. The number of halogens is 1. The Kier molecular flexibility index (Phi) is 6.24. The van der Waals surface area contributed by atoms with Crippen LogP contribution in [-0.2, 0) is 10.0 Å². The number of carbonyl (C=O) groups is 1. The van der Waals surface area contributed by atoms with Crippen molar-refractivity contribution in [2.75, 3.05) is 17.1 Å². The van der Waals surface area contributed by atoms with Gasteiger partial charge in [0, 0.05) is 15.7 Å². The molecule has 8 heteroatoms. The number of hydrogen-bond acceptors (Lipinski definition) is 4. The summed E-state index contributed by atoms with van der Waals surface area (Å²) in [6.07, 6.45) is 0. The van der Waals surface area contributed by atoms with Gasteiger partial charge >= 0.3 is 0 Å². The molecule has 0 radical (unpaired) electrons. The standard InChI is InChI=1S/C21H19BrN2O4S/c1-14-6-8-15(9-7-14)21(25)23-19-13-18(10-11-20(19)28-2)29(26,27)24-17-5-3-4-16(22)12-17/h3-13,24H,1-2H3,(H,23,25). The SMILES string of the molecule is COc1ccc(S(=O)(=O)Nc2cccc(Br)c2)cc1NC(=O)c1ccc(C)cc1. The Morgan fingerprint density at radius 1 is 1.00 bits per heavy atom. The second-order valence-electron chi connectivity index (χ2n) is 6.30. The molecule has 0 aromatic heterocycles. The second-order valence-corrected chi connectivity index (χ2v) is 8.90. The number of nitrogens with one attached hydrogen (secondary N) is 2. The lowest BCUT2D eigenvalue weighted by Gasteiger charge is -2.14. The molecule has 3 aromatic carbocycles. The fourth-order valence-electron chi connectivity index (χ4n) is 2.62. The van der Waals surface area contributed by atoms with E-state index in [0.717, 1.165) is 10.0 Å². The van der Waals surface area contributed by atoms with Crippen LogP contribution >= 0.6 is 15.9 Å². The molecule has 0 fully saturated rings. The van der Waals surface area contributed by atoms with Gasteiger partial charge in [0.25, 0.3) is 15.9 Å². The zero-order chi connectivity index (χ0) is 21.0. The van der Waals surface area contributed by atoms with Gasteiger partial charge in [0.15, 0.2) is 0 Å². The maximum atomic E-state index is 12.8. The monoisotopic (exact) mass is 474 g/mol. The van der Waals surface area contributed by atoms with Gasteiger partial charge in [-0.15, -0.1) is 0 Å². The first-order chi connectivity index (χ1) is 13.8. The van der Waals surface area contributed by atoms with Gasteiger partial charge in [-0.25, -0.2) is 8.42 Å². The minimum Gasteiger partial charge on any atom is -0.495 e. The maximum absolute atomic E-state index is 12.8. The van der Waals surface area contributed by atoms with Crippen molar-refractivity contribution in [1.29, 1.82) is 0 Å². The smallest absolute Gasteiger partial charge is 0.261 e. The first-order valence-corrected chi connectivity index (χ1v) is 10.9. The molecule has 0 bridgehead atoms. The molecule has 1 amide bonds. The number of amides is 1. The Bertz CT molecular complexity index is 1150. The van der Waals surface area contributed by atoms with Crippen LogP contribution in [0.3, 0.4) is 0 Å². The van der Waals surface area contributed by atoms with Crippen LogP contribution in [0.1, 0.15) is 15.9 Å². The van der Waals surface area contributed by atoms with Crippen LogP contribution in [0.2, 0.25) is 0 Å². The van der Waals surface area contributed by atoms with E-state index in [1.807, 2.05) is 19.1 Å². The molecule has 0 aliphatic carbocycles. The molecule has 3 rings (SSSR count). The van der Waals surface area contributed by atoms with Crippen molar-refractivity contribution in [2.45, 2.75) is 11.8 Å². The van der Waals surface area contributed by atoms with Crippen LogP contribution in [0, 0.1) is 6.92 Å². The number of ether oxygens (including phenoxy) is 1. The van der Waals surface area contributed by atoms with Crippen molar-refractivity contribution in [2.24, 2.45) is 0 Å². The normalized spacial score (nSPS) is 11.0. The minimum absolute atomic E-state index is 0.00233. The Labute approximate surface area is 178 Å². The number of hydrogen-bond donors (Lipinski definition) is 2. The molecule has 0 spiro atoms. The maximum Gasteiger partial charge on any atom is 0.261 e. The van der Waals surface area contributed by atoms with Crippen molar-refractivity contribution in [1.82, 2.24) is 0 Å². The molecule has 150 valence electrons. The largest absolute Gasteiger partial charge is 0.495 e. The minimum atomic E-state index is -3.86. The van der Waals surface area contributed by atoms with E-state index in [-0.39, 0.29) is 16.5 Å². The number of methoxy groups -OCH3 is 1. The average molecular weight is 475 g/mol. The highest BCUT2D eigenvalue weighted by molar-refractivity contribution is 9.10. The predicted octanol–water partition coefficient (Wildman–Crippen LogP) is 4.82. The fraction of sp³-hybridized carbons (Fsp3) is 0.0952. The summed E-state index contributed by atoms with van der Waals surface area (Å²) in [5.74, 6) is -0.00957. The Balaban J connectivity index is 1.89. The van der Waals surface area contributed by atoms with Crippen LogP contribution < -0.4 is 14.8 Å². The summed E-state index contributed by atoms with van der Waals surface area (Å²) in [6.45, 7) is 1.93. The zero-order valence-corrected chi connectivity index (χ0v) is 18.2. The molecule has 0 heterocycles. The molecule has 0 unspecified atom stereocenters. The van der Waals surface area contributed by atoms with Crippen LogP contribution in [0.25, 0.3) is 0 Å². The van der Waals surface area contributed by atoms with Gasteiger partial charge in [-0.3, -0.25) is 9.52 Å². The number of carbonyl (C=O) groups excluding carboxylic acids is 1. The van der Waals surface area contributed by atoms with Crippen LogP contribution in [0.4, 0.5) is 11.4 Å². The average Bonchev–Trinajstić information content (AvgIpc) is 2.68. The van der Waals surface area contributed by atoms with E-state index in [1.165, 1.54) is 25.3 Å². The van der Waals surface area contributed by atoms with Crippen molar-refractivity contribution in [3.8, 4) is 5.75 Å². The Hall–Kier alpha value is -2.84. The molecule has 0 atom stereocenters. The first kappa shape index (κ1) is 20.9. The third kappa shape index (κ3) is 5.16. The van der Waals surface area contributed by atoms with E-state index in [2.05, 4.69) is 26.0 Å². The molecule has 0 aliphatic heterocycles. The summed E-state index contributed by atoms with van der Waals surface area (Å²) >= 11 is 3.31. The van der Waals surface area contributed by atoms with Crippen molar-refractivity contribution in [3.63, 3.8) is 0 Å². The summed E-state index contributed by atoms with van der Waals surface area (Å²) in [4.78, 5) is 12.5. The summed E-state index contributed by atoms with van der Waals surface area (Å²) in [6, 6.07) is 18.2. The van der Waals surface area contributed by atoms with E-state index >= 15 is 0 Å². The lowest BCUT2D eigenvalue weighted by atomic mass is 10.1. The van der Waals surface area contributed by atoms with Crippen molar-refractivity contribution in [3.05, 3.63) is 82.3 Å². The summed E-state index contributed by atoms with van der Waals surface area (Å²) in [7, 11) is -2.41. The lowest BCUT2D eigenvalue weighted by molar-refractivity contribution is 0.102. The van der Waals surface area contributed by atoms with Gasteiger partial charge in [-0.2, -0.15) is 0 Å². The number of aryl methyl sites for hydroxylation is 1. The van der Waals surface area contributed by atoms with E-state index in [9.17, 15) is 13.2 Å². The van der Waals surface area contributed by atoms with Gasteiger partial charge < -0.3 is 10.1 Å². The number of sulfonamides is 1. The van der Waals surface area contributed by atoms with E-state index in [1.54, 1.807) is 36.4 Å². The van der Waals surface area contributed by atoms with Crippen LogP contribution in [-0.4, -0.2) is 21.4 Å². The van der Waals surface area contributed by atoms with Crippen molar-refractivity contribution < 1.29 is 17.9 Å². The second kappa shape index (κ2) is 8.67. The predicted molar refractivity (Wildman–Crippen MR) is 117 cm³/mol. The summed E-state index contributed by atoms with van der Waals surface area (Å²) < 4.78 is 34.1. The molecule has 2 N–H and O–H groups in total. The highest BCUT2D eigenvalue weighted by atomic mass is 79.9. The van der Waals surface area contributed by atoms with Gasteiger partial charge in [0.05, 0.1) is 17.7 Å². The molecule has 6 nitrogen and oxygen atoms in total. The fourth-order valence-corrected chi connectivity index (χ4v) is 4.09. The highest BCUT2D eigenvalue weighted by Crippen LogP contribution is 2.29. The molecule has 0 saturated carbocycles. The number of rotatable bonds is 6. The molecule has 29 heavy (non-hydrogen) atoms. The number of benzene rings is 3. The zero-order valence-electron chi connectivity index (χ0n) is 15.8. The van der Waals surface area contributed by atoms with Gasteiger partial charge in [0.2, 0.25) is 0 Å². The summed E-state index contributed by atoms with van der Waals surface area (Å²) in [5.41, 5.74) is 2.17. The highest BCUT2D eigenvalue weighted by Gasteiger charge is 2.18. The summed E-state index contributed by atoms with van der Waals surface area (Å²) in [5, 5.41) is 2.72. The van der Waals surface area contributed by atoms with Crippen LogP contribution in [0.15, 0.2) is 76.1 Å². The van der Waals surface area contributed by atoms with Gasteiger partial charge in [0.1, 0.15) is 5.75 Å². The van der Waals surface area contributed by atoms with Gasteiger partial charge in [-0.1, -0.05) is 39.7 Å². The molecular weight excluding hydrogens is 456 g/mol.